The smallest absolute Gasteiger partial charge is 0.236 e. The summed E-state index contributed by atoms with van der Waals surface area (Å²) in [6.07, 6.45) is 0. The molecule has 0 saturated heterocycles. The number of aromatic nitrogens is 6. The number of nitrogens with zero attached hydrogens (tertiary/aromatic N) is 6. The van der Waals surface area contributed by atoms with Crippen molar-refractivity contribution in [3.8, 4) is 11.5 Å². The first-order valence-corrected chi connectivity index (χ1v) is 6.89. The maximum absolute atomic E-state index is 5.68. The lowest BCUT2D eigenvalue weighted by molar-refractivity contribution is 0.475. The second-order valence-corrected chi connectivity index (χ2v) is 5.89. The number of aryl methyl sites for hydroxylation is 1. The van der Waals surface area contributed by atoms with Crippen LogP contribution in [0.1, 0.15) is 19.5 Å². The highest BCUT2D eigenvalue weighted by Crippen LogP contribution is 2.22. The van der Waals surface area contributed by atoms with E-state index in [1.165, 1.54) is 11.3 Å². The minimum absolute atomic E-state index is 0.476. The Morgan fingerprint density at radius 3 is 2.84 bits per heavy atom. The molecule has 0 bridgehead atoms. The second kappa shape index (κ2) is 4.30. The van der Waals surface area contributed by atoms with E-state index < -0.39 is 0 Å². The van der Waals surface area contributed by atoms with E-state index in [0.29, 0.717) is 21.8 Å². The van der Waals surface area contributed by atoms with Crippen molar-refractivity contribution in [2.75, 3.05) is 5.73 Å². The van der Waals surface area contributed by atoms with Gasteiger partial charge in [0.2, 0.25) is 15.9 Å². The molecule has 3 aromatic rings. The van der Waals surface area contributed by atoms with Gasteiger partial charge in [-0.1, -0.05) is 25.2 Å². The van der Waals surface area contributed by atoms with Crippen LogP contribution < -0.4 is 5.73 Å². The summed E-state index contributed by atoms with van der Waals surface area (Å²) in [5, 5.41) is 17.4. The summed E-state index contributed by atoms with van der Waals surface area (Å²) in [5.41, 5.74) is 7.55. The van der Waals surface area contributed by atoms with Crippen LogP contribution in [0.5, 0.6) is 0 Å². The minimum atomic E-state index is 0.476. The predicted molar refractivity (Wildman–Crippen MR) is 73.9 cm³/mol. The average molecular weight is 277 g/mol. The summed E-state index contributed by atoms with van der Waals surface area (Å²) in [4.78, 5) is 0.684. The van der Waals surface area contributed by atoms with Crippen LogP contribution in [0, 0.1) is 12.8 Å². The van der Waals surface area contributed by atoms with Crippen LogP contribution in [0.2, 0.25) is 0 Å². The van der Waals surface area contributed by atoms with Gasteiger partial charge in [-0.3, -0.25) is 4.68 Å². The second-order valence-electron chi connectivity index (χ2n) is 4.91. The molecule has 0 aliphatic carbocycles. The first kappa shape index (κ1) is 12.1. The third-order valence-electron chi connectivity index (χ3n) is 2.75. The van der Waals surface area contributed by atoms with Crippen LogP contribution in [0.15, 0.2) is 6.07 Å². The molecule has 8 heteroatoms. The first-order chi connectivity index (χ1) is 9.04. The highest BCUT2D eigenvalue weighted by Gasteiger charge is 2.16. The van der Waals surface area contributed by atoms with Crippen LogP contribution in [-0.2, 0) is 6.54 Å². The SMILES string of the molecule is Cc1cc(-c2nnc3sc(N)nn23)nn1CC(C)C. The fourth-order valence-electron chi connectivity index (χ4n) is 1.94. The number of nitrogens with two attached hydrogens (primary N) is 1. The van der Waals surface area contributed by atoms with Crippen LogP contribution in [0.3, 0.4) is 0 Å². The van der Waals surface area contributed by atoms with Gasteiger partial charge in [0, 0.05) is 12.2 Å². The number of hydrogen-bond acceptors (Lipinski definition) is 6. The topological polar surface area (TPSA) is 86.9 Å². The Morgan fingerprint density at radius 1 is 1.32 bits per heavy atom. The summed E-state index contributed by atoms with van der Waals surface area (Å²) in [5.74, 6) is 1.17. The minimum Gasteiger partial charge on any atom is -0.374 e. The van der Waals surface area contributed by atoms with Gasteiger partial charge >= 0.3 is 0 Å². The Morgan fingerprint density at radius 2 is 2.11 bits per heavy atom. The molecule has 7 nitrogen and oxygen atoms in total. The molecule has 0 aromatic carbocycles. The standard InChI is InChI=1S/C11H15N7S/c1-6(2)5-17-7(3)4-8(15-17)9-13-14-11-18(9)16-10(12)19-11/h4,6H,5H2,1-3H3,(H2,12,16). The van der Waals surface area contributed by atoms with Crippen LogP contribution in [-0.4, -0.2) is 29.6 Å². The summed E-state index contributed by atoms with van der Waals surface area (Å²) >= 11 is 1.31. The molecule has 2 N–H and O–H groups in total. The molecule has 0 unspecified atom stereocenters. The van der Waals surface area contributed by atoms with Gasteiger partial charge in [-0.25, -0.2) is 0 Å². The number of anilines is 1. The van der Waals surface area contributed by atoms with Crippen molar-refractivity contribution in [3.63, 3.8) is 0 Å². The third kappa shape index (κ3) is 2.07. The molecule has 0 aliphatic rings. The maximum Gasteiger partial charge on any atom is 0.236 e. The lowest BCUT2D eigenvalue weighted by atomic mass is 10.2. The number of nitrogen functional groups attached to an aromatic ring is 1. The third-order valence-corrected chi connectivity index (χ3v) is 3.48. The number of hydrogen-bond donors (Lipinski definition) is 1. The molecule has 0 amide bonds. The van der Waals surface area contributed by atoms with E-state index in [-0.39, 0.29) is 0 Å². The molecule has 0 atom stereocenters. The molecule has 3 heterocycles. The van der Waals surface area contributed by atoms with Gasteiger partial charge in [-0.15, -0.1) is 15.3 Å². The molecule has 0 aliphatic heterocycles. The van der Waals surface area contributed by atoms with Gasteiger partial charge in [-0.2, -0.15) is 9.61 Å². The molecule has 0 radical (unpaired) electrons. The molecule has 3 aromatic heterocycles. The van der Waals surface area contributed by atoms with E-state index in [1.54, 1.807) is 4.52 Å². The normalized spacial score (nSPS) is 11.8. The summed E-state index contributed by atoms with van der Waals surface area (Å²) in [7, 11) is 0. The zero-order valence-electron chi connectivity index (χ0n) is 11.0. The molecule has 0 spiro atoms. The predicted octanol–water partition coefficient (Wildman–Crippen LogP) is 1.60. The Kier molecular flexibility index (Phi) is 2.74. The average Bonchev–Trinajstić information content (AvgIpc) is 2.93. The molecular formula is C11H15N7S. The van der Waals surface area contributed by atoms with Crippen LogP contribution in [0.4, 0.5) is 5.13 Å². The van der Waals surface area contributed by atoms with E-state index >= 15 is 0 Å². The van der Waals surface area contributed by atoms with Gasteiger partial charge in [0.05, 0.1) is 0 Å². The zero-order valence-corrected chi connectivity index (χ0v) is 11.8. The quantitative estimate of drug-likeness (QED) is 0.785. The molecular weight excluding hydrogens is 262 g/mol. The lowest BCUT2D eigenvalue weighted by Crippen LogP contribution is -2.07. The molecule has 19 heavy (non-hydrogen) atoms. The van der Waals surface area contributed by atoms with Crippen molar-refractivity contribution in [1.82, 2.24) is 29.6 Å². The first-order valence-electron chi connectivity index (χ1n) is 6.07. The van der Waals surface area contributed by atoms with Gasteiger partial charge in [-0.05, 0) is 18.9 Å². The van der Waals surface area contributed by atoms with Crippen molar-refractivity contribution in [1.29, 1.82) is 0 Å². The van der Waals surface area contributed by atoms with Crippen LogP contribution >= 0.6 is 11.3 Å². The molecule has 3 rings (SSSR count). The fraction of sp³-hybridized carbons (Fsp3) is 0.455. The Hall–Kier alpha value is -1.96. The Bertz CT molecular complexity index is 721. The molecule has 0 saturated carbocycles. The van der Waals surface area contributed by atoms with E-state index in [4.69, 9.17) is 5.73 Å². The van der Waals surface area contributed by atoms with Crippen molar-refractivity contribution >= 4 is 21.4 Å². The summed E-state index contributed by atoms with van der Waals surface area (Å²) in [6, 6.07) is 1.99. The van der Waals surface area contributed by atoms with Crippen molar-refractivity contribution < 1.29 is 0 Å². The number of fused-ring (bicyclic) bond motifs is 1. The van der Waals surface area contributed by atoms with E-state index in [9.17, 15) is 0 Å². The molecule has 0 fully saturated rings. The van der Waals surface area contributed by atoms with E-state index in [2.05, 4.69) is 34.2 Å². The zero-order chi connectivity index (χ0) is 13.6. The number of rotatable bonds is 3. The van der Waals surface area contributed by atoms with Gasteiger partial charge in [0.1, 0.15) is 5.69 Å². The van der Waals surface area contributed by atoms with E-state index in [1.807, 2.05) is 17.7 Å². The van der Waals surface area contributed by atoms with E-state index in [0.717, 1.165) is 17.9 Å². The van der Waals surface area contributed by atoms with Crippen LogP contribution in [0.25, 0.3) is 16.5 Å². The highest BCUT2D eigenvalue weighted by atomic mass is 32.1. The van der Waals surface area contributed by atoms with Gasteiger partial charge in [0.15, 0.2) is 0 Å². The largest absolute Gasteiger partial charge is 0.374 e. The Balaban J connectivity index is 2.06. The van der Waals surface area contributed by atoms with Gasteiger partial charge < -0.3 is 5.73 Å². The van der Waals surface area contributed by atoms with Gasteiger partial charge in [0.25, 0.3) is 0 Å². The summed E-state index contributed by atoms with van der Waals surface area (Å²) < 4.78 is 3.62. The molecule has 100 valence electrons. The lowest BCUT2D eigenvalue weighted by Gasteiger charge is -2.06. The monoisotopic (exact) mass is 277 g/mol. The van der Waals surface area contributed by atoms with Crippen molar-refractivity contribution in [2.24, 2.45) is 5.92 Å². The van der Waals surface area contributed by atoms with Crippen molar-refractivity contribution in [2.45, 2.75) is 27.3 Å². The van der Waals surface area contributed by atoms with Crippen molar-refractivity contribution in [3.05, 3.63) is 11.8 Å². The maximum atomic E-state index is 5.68. The highest BCUT2D eigenvalue weighted by molar-refractivity contribution is 7.20. The Labute approximate surface area is 114 Å². The fourth-order valence-corrected chi connectivity index (χ4v) is 2.55. The summed E-state index contributed by atoms with van der Waals surface area (Å²) in [6.45, 7) is 7.24.